The highest BCUT2D eigenvalue weighted by molar-refractivity contribution is 6.29. The molecule has 0 fully saturated rings. The fourth-order valence-electron chi connectivity index (χ4n) is 1.52. The van der Waals surface area contributed by atoms with E-state index in [4.69, 9.17) is 11.6 Å². The maximum Gasteiger partial charge on any atom is 0.109 e. The average Bonchev–Trinajstić information content (AvgIpc) is 2.47. The third kappa shape index (κ3) is 1.99. The fourth-order valence-corrected chi connectivity index (χ4v) is 1.80. The first kappa shape index (κ1) is 9.35. The summed E-state index contributed by atoms with van der Waals surface area (Å²) in [5, 5.41) is 0.798. The summed E-state index contributed by atoms with van der Waals surface area (Å²) >= 11 is 6.06. The van der Waals surface area contributed by atoms with Crippen LogP contribution in [0.5, 0.6) is 0 Å². The molecule has 0 atom stereocenters. The van der Waals surface area contributed by atoms with Crippen LogP contribution in [-0.4, -0.2) is 4.57 Å². The Morgan fingerprint density at radius 2 is 1.93 bits per heavy atom. The summed E-state index contributed by atoms with van der Waals surface area (Å²) in [6.45, 7) is 2.89. The van der Waals surface area contributed by atoms with Crippen molar-refractivity contribution < 1.29 is 0 Å². The lowest BCUT2D eigenvalue weighted by atomic mass is 10.2. The fraction of sp³-hybridized carbons (Fsp3) is 0.167. The van der Waals surface area contributed by atoms with E-state index in [-0.39, 0.29) is 0 Å². The van der Waals surface area contributed by atoms with Crippen molar-refractivity contribution in [3.63, 3.8) is 0 Å². The number of aromatic nitrogens is 1. The highest BCUT2D eigenvalue weighted by Crippen LogP contribution is 2.15. The van der Waals surface area contributed by atoms with Gasteiger partial charge in [0.25, 0.3) is 0 Å². The lowest BCUT2D eigenvalue weighted by Crippen LogP contribution is -1.97. The predicted octanol–water partition coefficient (Wildman–Crippen LogP) is 3.50. The second-order valence-electron chi connectivity index (χ2n) is 3.45. The van der Waals surface area contributed by atoms with E-state index in [1.807, 2.05) is 35.8 Å². The summed E-state index contributed by atoms with van der Waals surface area (Å²) in [6.07, 6.45) is 2.06. The zero-order valence-corrected chi connectivity index (χ0v) is 8.83. The molecule has 2 aromatic rings. The smallest absolute Gasteiger partial charge is 0.109 e. The second kappa shape index (κ2) is 3.89. The number of hydrogen-bond acceptors (Lipinski definition) is 0. The van der Waals surface area contributed by atoms with Crippen LogP contribution in [0.2, 0.25) is 5.15 Å². The third-order valence-electron chi connectivity index (χ3n) is 2.18. The van der Waals surface area contributed by atoms with Crippen molar-refractivity contribution in [3.8, 4) is 0 Å². The largest absolute Gasteiger partial charge is 0.334 e. The summed E-state index contributed by atoms with van der Waals surface area (Å²) in [5.41, 5.74) is 2.47. The lowest BCUT2D eigenvalue weighted by Gasteiger charge is -2.04. The van der Waals surface area contributed by atoms with Crippen LogP contribution in [0.25, 0.3) is 0 Å². The normalized spacial score (nSPS) is 10.4. The lowest BCUT2D eigenvalue weighted by molar-refractivity contribution is 0.805. The minimum Gasteiger partial charge on any atom is -0.334 e. The van der Waals surface area contributed by atoms with Crippen molar-refractivity contribution in [1.29, 1.82) is 0 Å². The first-order valence-corrected chi connectivity index (χ1v) is 5.00. The van der Waals surface area contributed by atoms with Crippen LogP contribution >= 0.6 is 11.6 Å². The van der Waals surface area contributed by atoms with E-state index in [0.29, 0.717) is 0 Å². The molecule has 0 saturated heterocycles. The van der Waals surface area contributed by atoms with Gasteiger partial charge in [0.15, 0.2) is 0 Å². The summed E-state index contributed by atoms with van der Waals surface area (Å²) < 4.78 is 2.05. The Kier molecular flexibility index (Phi) is 2.60. The van der Waals surface area contributed by atoms with Gasteiger partial charge in [0.2, 0.25) is 0 Å². The highest BCUT2D eigenvalue weighted by Gasteiger charge is 2.00. The van der Waals surface area contributed by atoms with Crippen molar-refractivity contribution in [2.45, 2.75) is 13.5 Å². The SMILES string of the molecule is Cc1cc(Cl)n(Cc2ccccc2)c1. The van der Waals surface area contributed by atoms with Crippen LogP contribution in [0.15, 0.2) is 42.6 Å². The topological polar surface area (TPSA) is 4.93 Å². The number of halogens is 1. The van der Waals surface area contributed by atoms with Gasteiger partial charge >= 0.3 is 0 Å². The molecule has 0 bridgehead atoms. The molecule has 1 nitrogen and oxygen atoms in total. The summed E-state index contributed by atoms with van der Waals surface area (Å²) in [6, 6.07) is 12.3. The Morgan fingerprint density at radius 3 is 2.50 bits per heavy atom. The molecular weight excluding hydrogens is 194 g/mol. The molecule has 1 aromatic carbocycles. The number of hydrogen-bond donors (Lipinski definition) is 0. The molecule has 1 heterocycles. The van der Waals surface area contributed by atoms with E-state index >= 15 is 0 Å². The molecule has 2 heteroatoms. The van der Waals surface area contributed by atoms with Crippen LogP contribution in [0.3, 0.4) is 0 Å². The quantitative estimate of drug-likeness (QED) is 0.707. The highest BCUT2D eigenvalue weighted by atomic mass is 35.5. The summed E-state index contributed by atoms with van der Waals surface area (Å²) in [4.78, 5) is 0. The van der Waals surface area contributed by atoms with Crippen molar-refractivity contribution >= 4 is 11.6 Å². The summed E-state index contributed by atoms with van der Waals surface area (Å²) in [7, 11) is 0. The van der Waals surface area contributed by atoms with Gasteiger partial charge in [-0.1, -0.05) is 41.9 Å². The molecule has 0 spiro atoms. The van der Waals surface area contributed by atoms with E-state index in [2.05, 4.69) is 18.3 Å². The Bertz CT molecular complexity index is 417. The van der Waals surface area contributed by atoms with Gasteiger partial charge in [-0.2, -0.15) is 0 Å². The van der Waals surface area contributed by atoms with Gasteiger partial charge < -0.3 is 4.57 Å². The van der Waals surface area contributed by atoms with Crippen LogP contribution in [0.4, 0.5) is 0 Å². The monoisotopic (exact) mass is 205 g/mol. The molecule has 0 amide bonds. The zero-order chi connectivity index (χ0) is 9.97. The molecule has 0 radical (unpaired) electrons. The van der Waals surface area contributed by atoms with Gasteiger partial charge in [-0.15, -0.1) is 0 Å². The van der Waals surface area contributed by atoms with Crippen LogP contribution in [-0.2, 0) is 6.54 Å². The Morgan fingerprint density at radius 1 is 1.21 bits per heavy atom. The number of benzene rings is 1. The maximum absolute atomic E-state index is 6.06. The van der Waals surface area contributed by atoms with Crippen LogP contribution in [0, 0.1) is 6.92 Å². The van der Waals surface area contributed by atoms with Crippen molar-refractivity contribution in [1.82, 2.24) is 4.57 Å². The molecule has 1 aromatic heterocycles. The van der Waals surface area contributed by atoms with E-state index < -0.39 is 0 Å². The van der Waals surface area contributed by atoms with E-state index in [1.54, 1.807) is 0 Å². The minimum absolute atomic E-state index is 0.798. The average molecular weight is 206 g/mol. The van der Waals surface area contributed by atoms with Crippen molar-refractivity contribution in [2.24, 2.45) is 0 Å². The Labute approximate surface area is 88.9 Å². The molecule has 0 saturated carbocycles. The Balaban J connectivity index is 2.23. The molecule has 0 unspecified atom stereocenters. The van der Waals surface area contributed by atoms with Gasteiger partial charge in [-0.05, 0) is 24.1 Å². The molecule has 0 N–H and O–H groups in total. The molecule has 0 aliphatic carbocycles. The molecular formula is C12H12ClN. The Hall–Kier alpha value is -1.21. The van der Waals surface area contributed by atoms with Gasteiger partial charge in [0, 0.05) is 12.7 Å². The number of rotatable bonds is 2. The first-order chi connectivity index (χ1) is 6.75. The van der Waals surface area contributed by atoms with Crippen LogP contribution in [0.1, 0.15) is 11.1 Å². The minimum atomic E-state index is 0.798. The first-order valence-electron chi connectivity index (χ1n) is 4.62. The van der Waals surface area contributed by atoms with Gasteiger partial charge in [-0.25, -0.2) is 0 Å². The number of aryl methyl sites for hydroxylation is 1. The van der Waals surface area contributed by atoms with Crippen molar-refractivity contribution in [3.05, 3.63) is 58.9 Å². The number of nitrogens with zero attached hydrogens (tertiary/aromatic N) is 1. The van der Waals surface area contributed by atoms with E-state index in [9.17, 15) is 0 Å². The zero-order valence-electron chi connectivity index (χ0n) is 8.07. The van der Waals surface area contributed by atoms with E-state index in [1.165, 1.54) is 11.1 Å². The van der Waals surface area contributed by atoms with Gasteiger partial charge in [0.05, 0.1) is 0 Å². The molecule has 14 heavy (non-hydrogen) atoms. The molecule has 72 valence electrons. The molecule has 0 aliphatic heterocycles. The van der Waals surface area contributed by atoms with Gasteiger partial charge in [-0.3, -0.25) is 0 Å². The third-order valence-corrected chi connectivity index (χ3v) is 2.50. The van der Waals surface area contributed by atoms with E-state index in [0.717, 1.165) is 11.7 Å². The van der Waals surface area contributed by atoms with Gasteiger partial charge in [0.1, 0.15) is 5.15 Å². The summed E-state index contributed by atoms with van der Waals surface area (Å²) in [5.74, 6) is 0. The maximum atomic E-state index is 6.06. The molecule has 2 rings (SSSR count). The van der Waals surface area contributed by atoms with Crippen molar-refractivity contribution in [2.75, 3.05) is 0 Å². The predicted molar refractivity (Wildman–Crippen MR) is 59.7 cm³/mol. The van der Waals surface area contributed by atoms with Crippen LogP contribution < -0.4 is 0 Å². The molecule has 0 aliphatic rings. The second-order valence-corrected chi connectivity index (χ2v) is 3.84. The standard InChI is InChI=1S/C12H12ClN/c1-10-7-12(13)14(8-10)9-11-5-3-2-4-6-11/h2-8H,9H2,1H3.